The lowest BCUT2D eigenvalue weighted by atomic mass is 10.2. The lowest BCUT2D eigenvalue weighted by Crippen LogP contribution is -2.44. The molecule has 0 bridgehead atoms. The van der Waals surface area contributed by atoms with Gasteiger partial charge in [-0.05, 0) is 33.6 Å². The monoisotopic (exact) mass is 244 g/mol. The van der Waals surface area contributed by atoms with Gasteiger partial charge in [-0.25, -0.2) is 4.79 Å². The Morgan fingerprint density at radius 3 is 2.41 bits per heavy atom. The van der Waals surface area contributed by atoms with E-state index in [-0.39, 0.29) is 24.3 Å². The summed E-state index contributed by atoms with van der Waals surface area (Å²) < 4.78 is 10.7. The highest BCUT2D eigenvalue weighted by Crippen LogP contribution is 2.26. The number of rotatable bonds is 2. The van der Waals surface area contributed by atoms with Crippen molar-refractivity contribution in [3.63, 3.8) is 0 Å². The third kappa shape index (κ3) is 3.85. The van der Waals surface area contributed by atoms with Crippen LogP contribution in [0.5, 0.6) is 0 Å². The highest BCUT2D eigenvalue weighted by molar-refractivity contribution is 5.68. The molecule has 5 heteroatoms. The number of likely N-dealkylation sites (N-methyl/N-ethyl adjacent to an activating group) is 1. The van der Waals surface area contributed by atoms with E-state index in [0.717, 1.165) is 12.8 Å². The quantitative estimate of drug-likeness (QED) is 0.796. The molecule has 1 amide bonds. The molecule has 100 valence electrons. The van der Waals surface area contributed by atoms with Crippen LogP contribution in [0.1, 0.15) is 33.6 Å². The number of methoxy groups -OCH3 is 1. The first kappa shape index (κ1) is 14.3. The number of hydrogen-bond donors (Lipinski definition) is 1. The third-order valence-corrected chi connectivity index (χ3v) is 2.99. The van der Waals surface area contributed by atoms with Crippen molar-refractivity contribution in [2.45, 2.75) is 57.4 Å². The van der Waals surface area contributed by atoms with E-state index in [0.29, 0.717) is 0 Å². The van der Waals surface area contributed by atoms with Crippen LogP contribution in [-0.4, -0.2) is 48.9 Å². The first-order chi connectivity index (χ1) is 7.74. The van der Waals surface area contributed by atoms with Crippen LogP contribution >= 0.6 is 0 Å². The Bertz CT molecular complexity index is 275. The molecule has 1 rings (SSSR count). The fraction of sp³-hybridized carbons (Fsp3) is 0.917. The molecule has 0 aromatic carbocycles. The van der Waals surface area contributed by atoms with E-state index in [9.17, 15) is 4.79 Å². The Kier molecular flexibility index (Phi) is 4.38. The molecule has 0 heterocycles. The van der Waals surface area contributed by atoms with Gasteiger partial charge in [-0.2, -0.15) is 0 Å². The van der Waals surface area contributed by atoms with Crippen LogP contribution in [0, 0.1) is 0 Å². The Morgan fingerprint density at radius 2 is 1.94 bits per heavy atom. The van der Waals surface area contributed by atoms with E-state index >= 15 is 0 Å². The zero-order chi connectivity index (χ0) is 13.2. The summed E-state index contributed by atoms with van der Waals surface area (Å²) >= 11 is 0. The highest BCUT2D eigenvalue weighted by Gasteiger charge is 2.38. The average molecular weight is 244 g/mol. The molecule has 0 unspecified atom stereocenters. The Hall–Kier alpha value is -0.810. The molecule has 0 saturated heterocycles. The van der Waals surface area contributed by atoms with Crippen LogP contribution < -0.4 is 5.73 Å². The Balaban J connectivity index is 2.62. The number of nitrogens with two attached hydrogens (primary N) is 1. The molecule has 0 aromatic rings. The van der Waals surface area contributed by atoms with E-state index in [4.69, 9.17) is 15.2 Å². The minimum Gasteiger partial charge on any atom is -0.444 e. The maximum absolute atomic E-state index is 11.9. The number of nitrogens with zero attached hydrogens (tertiary/aromatic N) is 1. The molecule has 0 aromatic heterocycles. The van der Waals surface area contributed by atoms with Crippen LogP contribution in [0.25, 0.3) is 0 Å². The summed E-state index contributed by atoms with van der Waals surface area (Å²) in [6.45, 7) is 5.56. The zero-order valence-corrected chi connectivity index (χ0v) is 11.4. The number of ether oxygens (including phenoxy) is 2. The Labute approximate surface area is 103 Å². The molecular weight excluding hydrogens is 220 g/mol. The van der Waals surface area contributed by atoms with Crippen molar-refractivity contribution in [3.8, 4) is 0 Å². The molecule has 1 saturated carbocycles. The van der Waals surface area contributed by atoms with Crippen LogP contribution in [0.4, 0.5) is 4.79 Å². The van der Waals surface area contributed by atoms with Gasteiger partial charge in [0.1, 0.15) is 5.60 Å². The van der Waals surface area contributed by atoms with Crippen molar-refractivity contribution >= 4 is 6.09 Å². The SMILES string of the molecule is CO[C@H]1C[C@H](N)C[C@@H]1N(C)C(=O)OC(C)(C)C. The topological polar surface area (TPSA) is 64.8 Å². The summed E-state index contributed by atoms with van der Waals surface area (Å²) in [6, 6.07) is 0.0969. The molecule has 1 aliphatic carbocycles. The van der Waals surface area contributed by atoms with Crippen LogP contribution in [0.3, 0.4) is 0 Å². The van der Waals surface area contributed by atoms with E-state index in [1.54, 1.807) is 19.1 Å². The van der Waals surface area contributed by atoms with E-state index in [1.807, 2.05) is 20.8 Å². The van der Waals surface area contributed by atoms with Gasteiger partial charge in [0, 0.05) is 20.2 Å². The second kappa shape index (κ2) is 5.23. The van der Waals surface area contributed by atoms with Crippen molar-refractivity contribution in [3.05, 3.63) is 0 Å². The molecule has 0 aliphatic heterocycles. The van der Waals surface area contributed by atoms with Gasteiger partial charge in [0.2, 0.25) is 0 Å². The van der Waals surface area contributed by atoms with E-state index < -0.39 is 5.60 Å². The summed E-state index contributed by atoms with van der Waals surface area (Å²) in [7, 11) is 3.39. The molecule has 1 fully saturated rings. The average Bonchev–Trinajstić information content (AvgIpc) is 2.55. The fourth-order valence-corrected chi connectivity index (χ4v) is 2.14. The van der Waals surface area contributed by atoms with Crippen molar-refractivity contribution in [2.24, 2.45) is 5.73 Å². The molecule has 0 radical (unpaired) electrons. The van der Waals surface area contributed by atoms with Gasteiger partial charge < -0.3 is 20.1 Å². The molecule has 5 nitrogen and oxygen atoms in total. The smallest absolute Gasteiger partial charge is 0.410 e. The minimum absolute atomic E-state index is 0.00233. The normalized spacial score (nSPS) is 29.2. The van der Waals surface area contributed by atoms with Gasteiger partial charge in [-0.3, -0.25) is 0 Å². The van der Waals surface area contributed by atoms with Crippen molar-refractivity contribution in [2.75, 3.05) is 14.2 Å². The lowest BCUT2D eigenvalue weighted by Gasteiger charge is -2.31. The molecule has 0 spiro atoms. The molecular formula is C12H24N2O3. The van der Waals surface area contributed by atoms with Crippen LogP contribution in [0.15, 0.2) is 0 Å². The van der Waals surface area contributed by atoms with Crippen LogP contribution in [-0.2, 0) is 9.47 Å². The predicted molar refractivity (Wildman–Crippen MR) is 65.8 cm³/mol. The molecule has 2 N–H and O–H groups in total. The number of amides is 1. The van der Waals surface area contributed by atoms with E-state index in [1.165, 1.54) is 0 Å². The number of carbonyl (C=O) groups excluding carboxylic acids is 1. The number of hydrogen-bond acceptors (Lipinski definition) is 4. The van der Waals surface area contributed by atoms with Crippen molar-refractivity contribution in [1.82, 2.24) is 4.90 Å². The van der Waals surface area contributed by atoms with Crippen LogP contribution in [0.2, 0.25) is 0 Å². The van der Waals surface area contributed by atoms with Crippen molar-refractivity contribution < 1.29 is 14.3 Å². The van der Waals surface area contributed by atoms with Gasteiger partial charge in [0.15, 0.2) is 0 Å². The standard InChI is InChI=1S/C12H24N2O3/c1-12(2,3)17-11(15)14(4)9-6-8(13)7-10(9)16-5/h8-10H,6-7,13H2,1-5H3/t8-,9+,10+/m1/s1. The number of carbonyl (C=O) groups is 1. The highest BCUT2D eigenvalue weighted by atomic mass is 16.6. The summed E-state index contributed by atoms with van der Waals surface area (Å²) in [6.07, 6.45) is 1.23. The molecule has 3 atom stereocenters. The maximum atomic E-state index is 11.9. The van der Waals surface area contributed by atoms with Gasteiger partial charge in [0.25, 0.3) is 0 Å². The lowest BCUT2D eigenvalue weighted by molar-refractivity contribution is -0.000459. The van der Waals surface area contributed by atoms with Gasteiger partial charge in [0.05, 0.1) is 12.1 Å². The molecule has 1 aliphatic rings. The Morgan fingerprint density at radius 1 is 1.35 bits per heavy atom. The first-order valence-electron chi connectivity index (χ1n) is 5.99. The summed E-state index contributed by atoms with van der Waals surface area (Å²) in [4.78, 5) is 13.5. The zero-order valence-electron chi connectivity index (χ0n) is 11.4. The minimum atomic E-state index is -0.478. The summed E-state index contributed by atoms with van der Waals surface area (Å²) in [5.74, 6) is 0. The molecule has 17 heavy (non-hydrogen) atoms. The second-order valence-corrected chi connectivity index (χ2v) is 5.66. The van der Waals surface area contributed by atoms with Crippen molar-refractivity contribution in [1.29, 1.82) is 0 Å². The van der Waals surface area contributed by atoms with Gasteiger partial charge in [-0.15, -0.1) is 0 Å². The summed E-state index contributed by atoms with van der Waals surface area (Å²) in [5.41, 5.74) is 5.42. The summed E-state index contributed by atoms with van der Waals surface area (Å²) in [5, 5.41) is 0. The van der Waals surface area contributed by atoms with Gasteiger partial charge in [-0.1, -0.05) is 0 Å². The largest absolute Gasteiger partial charge is 0.444 e. The predicted octanol–water partition coefficient (Wildman–Crippen LogP) is 1.36. The van der Waals surface area contributed by atoms with E-state index in [2.05, 4.69) is 0 Å². The second-order valence-electron chi connectivity index (χ2n) is 5.66. The third-order valence-electron chi connectivity index (χ3n) is 2.99. The maximum Gasteiger partial charge on any atom is 0.410 e. The fourth-order valence-electron chi connectivity index (χ4n) is 2.14. The van der Waals surface area contributed by atoms with Gasteiger partial charge >= 0.3 is 6.09 Å². The first-order valence-corrected chi connectivity index (χ1v) is 5.99.